The zero-order valence-electron chi connectivity index (χ0n) is 18.7. The fourth-order valence-electron chi connectivity index (χ4n) is 4.82. The summed E-state index contributed by atoms with van der Waals surface area (Å²) < 4.78 is 33.1. The predicted octanol–water partition coefficient (Wildman–Crippen LogP) is 3.80. The number of benzene rings is 1. The van der Waals surface area contributed by atoms with Gasteiger partial charge in [-0.15, -0.1) is 0 Å². The summed E-state index contributed by atoms with van der Waals surface area (Å²) in [5, 5.41) is 3.00. The molecule has 1 aromatic carbocycles. The first-order chi connectivity index (χ1) is 15.5. The van der Waals surface area contributed by atoms with Crippen molar-refractivity contribution >= 4 is 15.9 Å². The fourth-order valence-corrected chi connectivity index (χ4v) is 6.24. The Morgan fingerprint density at radius 3 is 2.41 bits per heavy atom. The molecule has 1 N–H and O–H groups in total. The monoisotopic (exact) mass is 459 g/mol. The Labute approximate surface area is 190 Å². The quantitative estimate of drug-likeness (QED) is 0.649. The molecule has 2 aliphatic rings. The number of nitrogens with one attached hydrogen (secondary N) is 1. The Hall–Kier alpha value is -2.16. The molecule has 8 heteroatoms. The van der Waals surface area contributed by atoms with Crippen LogP contribution in [0.1, 0.15) is 67.1 Å². The Morgan fingerprint density at radius 2 is 1.78 bits per heavy atom. The standard InChI is InChI=1S/C24H33N3O4S/c1-26(20-8-3-2-4-9-20)32(29,30)21-13-11-19(12-14-21)24(28)25-18-22(23-10-7-17-31-23)27-15-5-6-16-27/h7,10-14,17,20,22H,2-6,8-9,15-16,18H2,1H3,(H,25,28). The van der Waals surface area contributed by atoms with Gasteiger partial charge in [0.25, 0.3) is 5.91 Å². The van der Waals surface area contributed by atoms with E-state index >= 15 is 0 Å². The first-order valence-electron chi connectivity index (χ1n) is 11.6. The van der Waals surface area contributed by atoms with Crippen molar-refractivity contribution in [3.05, 3.63) is 54.0 Å². The number of carbonyl (C=O) groups is 1. The summed E-state index contributed by atoms with van der Waals surface area (Å²) in [5.74, 6) is 0.629. The van der Waals surface area contributed by atoms with Gasteiger partial charge in [0.15, 0.2) is 0 Å². The summed E-state index contributed by atoms with van der Waals surface area (Å²) in [7, 11) is -1.90. The molecule has 1 atom stereocenters. The van der Waals surface area contributed by atoms with Gasteiger partial charge >= 0.3 is 0 Å². The summed E-state index contributed by atoms with van der Waals surface area (Å²) in [6.07, 6.45) is 9.08. The zero-order chi connectivity index (χ0) is 22.6. The first-order valence-corrected chi connectivity index (χ1v) is 13.0. The van der Waals surface area contributed by atoms with Crippen LogP contribution in [0.25, 0.3) is 0 Å². The number of nitrogens with zero attached hydrogens (tertiary/aromatic N) is 2. The lowest BCUT2D eigenvalue weighted by Crippen LogP contribution is -2.38. The lowest BCUT2D eigenvalue weighted by molar-refractivity contribution is 0.0933. The first kappa shape index (κ1) is 23.0. The second kappa shape index (κ2) is 10.2. The van der Waals surface area contributed by atoms with Crippen molar-refractivity contribution in [3.63, 3.8) is 0 Å². The minimum Gasteiger partial charge on any atom is -0.468 e. The summed E-state index contributed by atoms with van der Waals surface area (Å²) in [4.78, 5) is 15.3. The molecule has 1 aliphatic heterocycles. The second-order valence-electron chi connectivity index (χ2n) is 8.82. The molecule has 1 amide bonds. The maximum absolute atomic E-state index is 13.0. The molecular weight excluding hydrogens is 426 g/mol. The minimum absolute atomic E-state index is 0.000226. The van der Waals surface area contributed by atoms with E-state index in [4.69, 9.17) is 4.42 Å². The van der Waals surface area contributed by atoms with Gasteiger partial charge in [-0.2, -0.15) is 4.31 Å². The molecule has 0 bridgehead atoms. The molecule has 32 heavy (non-hydrogen) atoms. The molecule has 2 heterocycles. The third-order valence-corrected chi connectivity index (χ3v) is 8.72. The normalized spacial score (nSPS) is 19.3. The molecule has 0 radical (unpaired) electrons. The van der Waals surface area contributed by atoms with Crippen LogP contribution in [0.5, 0.6) is 0 Å². The van der Waals surface area contributed by atoms with E-state index in [1.807, 2.05) is 12.1 Å². The van der Waals surface area contributed by atoms with E-state index in [2.05, 4.69) is 10.2 Å². The van der Waals surface area contributed by atoms with Gasteiger partial charge < -0.3 is 9.73 Å². The van der Waals surface area contributed by atoms with Crippen LogP contribution in [0.4, 0.5) is 0 Å². The van der Waals surface area contributed by atoms with Crippen LogP contribution in [-0.4, -0.2) is 56.3 Å². The van der Waals surface area contributed by atoms with Gasteiger partial charge in [0, 0.05) is 25.2 Å². The molecule has 7 nitrogen and oxygen atoms in total. The molecule has 1 aliphatic carbocycles. The Balaban J connectivity index is 1.40. The molecule has 1 saturated heterocycles. The molecule has 4 rings (SSSR count). The molecule has 1 unspecified atom stereocenters. The molecule has 1 aromatic heterocycles. The Morgan fingerprint density at radius 1 is 1.09 bits per heavy atom. The Bertz CT molecular complexity index is 977. The van der Waals surface area contributed by atoms with Gasteiger partial charge in [0.2, 0.25) is 10.0 Å². The van der Waals surface area contributed by atoms with Gasteiger partial charge in [0.05, 0.1) is 17.2 Å². The number of rotatable bonds is 8. The van der Waals surface area contributed by atoms with Crippen LogP contribution in [0.15, 0.2) is 52.0 Å². The number of amides is 1. The highest BCUT2D eigenvalue weighted by Gasteiger charge is 2.29. The van der Waals surface area contributed by atoms with E-state index in [-0.39, 0.29) is 22.9 Å². The van der Waals surface area contributed by atoms with Crippen LogP contribution in [0.3, 0.4) is 0 Å². The van der Waals surface area contributed by atoms with Gasteiger partial charge in [0.1, 0.15) is 5.76 Å². The van der Waals surface area contributed by atoms with Crippen molar-refractivity contribution < 1.29 is 17.6 Å². The molecule has 174 valence electrons. The summed E-state index contributed by atoms with van der Waals surface area (Å²) in [5.41, 5.74) is 0.448. The number of sulfonamides is 1. The van der Waals surface area contributed by atoms with E-state index in [1.165, 1.54) is 22.9 Å². The number of hydrogen-bond donors (Lipinski definition) is 1. The van der Waals surface area contributed by atoms with E-state index in [1.54, 1.807) is 25.4 Å². The molecule has 1 saturated carbocycles. The highest BCUT2D eigenvalue weighted by atomic mass is 32.2. The average molecular weight is 460 g/mol. The number of hydrogen-bond acceptors (Lipinski definition) is 5. The van der Waals surface area contributed by atoms with E-state index in [9.17, 15) is 13.2 Å². The molecule has 2 fully saturated rings. The van der Waals surface area contributed by atoms with Crippen molar-refractivity contribution in [1.82, 2.24) is 14.5 Å². The van der Waals surface area contributed by atoms with E-state index in [0.717, 1.165) is 57.4 Å². The average Bonchev–Trinajstić information content (AvgIpc) is 3.54. The van der Waals surface area contributed by atoms with Crippen LogP contribution < -0.4 is 5.32 Å². The number of furan rings is 1. The molecular formula is C24H33N3O4S. The smallest absolute Gasteiger partial charge is 0.251 e. The number of carbonyl (C=O) groups excluding carboxylic acids is 1. The van der Waals surface area contributed by atoms with Crippen molar-refractivity contribution in [2.75, 3.05) is 26.7 Å². The maximum atomic E-state index is 13.0. The summed E-state index contributed by atoms with van der Waals surface area (Å²) in [6, 6.07) is 10.1. The zero-order valence-corrected chi connectivity index (χ0v) is 19.5. The largest absolute Gasteiger partial charge is 0.468 e. The van der Waals surface area contributed by atoms with Crippen LogP contribution in [0.2, 0.25) is 0 Å². The van der Waals surface area contributed by atoms with Gasteiger partial charge in [-0.25, -0.2) is 8.42 Å². The predicted molar refractivity (Wildman–Crippen MR) is 123 cm³/mol. The summed E-state index contributed by atoms with van der Waals surface area (Å²) >= 11 is 0. The van der Waals surface area contributed by atoms with Crippen molar-refractivity contribution in [2.45, 2.75) is 61.9 Å². The highest BCUT2D eigenvalue weighted by molar-refractivity contribution is 7.89. The van der Waals surface area contributed by atoms with Gasteiger partial charge in [-0.1, -0.05) is 19.3 Å². The molecule has 0 spiro atoms. The highest BCUT2D eigenvalue weighted by Crippen LogP contribution is 2.27. The van der Waals surface area contributed by atoms with Gasteiger partial charge in [-0.3, -0.25) is 9.69 Å². The summed E-state index contributed by atoms with van der Waals surface area (Å²) in [6.45, 7) is 2.42. The second-order valence-corrected chi connectivity index (χ2v) is 10.8. The minimum atomic E-state index is -3.56. The Kier molecular flexibility index (Phi) is 7.33. The third kappa shape index (κ3) is 5.08. The van der Waals surface area contributed by atoms with Crippen molar-refractivity contribution in [1.29, 1.82) is 0 Å². The lowest BCUT2D eigenvalue weighted by atomic mass is 9.96. The van der Waals surface area contributed by atoms with Crippen molar-refractivity contribution in [3.8, 4) is 0 Å². The topological polar surface area (TPSA) is 82.9 Å². The van der Waals surface area contributed by atoms with E-state index in [0.29, 0.717) is 12.1 Å². The van der Waals surface area contributed by atoms with Crippen LogP contribution in [0, 0.1) is 0 Å². The SMILES string of the molecule is CN(C1CCCCC1)S(=O)(=O)c1ccc(C(=O)NCC(c2ccco2)N2CCCC2)cc1. The van der Waals surface area contributed by atoms with Crippen molar-refractivity contribution in [2.24, 2.45) is 0 Å². The van der Waals surface area contributed by atoms with Crippen LogP contribution in [-0.2, 0) is 10.0 Å². The van der Waals surface area contributed by atoms with Crippen LogP contribution >= 0.6 is 0 Å². The fraction of sp³-hybridized carbons (Fsp3) is 0.542. The maximum Gasteiger partial charge on any atom is 0.251 e. The van der Waals surface area contributed by atoms with E-state index < -0.39 is 10.0 Å². The number of likely N-dealkylation sites (tertiary alicyclic amines) is 1. The lowest BCUT2D eigenvalue weighted by Gasteiger charge is -2.30. The molecule has 2 aromatic rings. The third-order valence-electron chi connectivity index (χ3n) is 6.79. The van der Waals surface area contributed by atoms with Gasteiger partial charge in [-0.05, 0) is 75.2 Å².